The lowest BCUT2D eigenvalue weighted by atomic mass is 9.92. The molecule has 16 heteroatoms. The summed E-state index contributed by atoms with van der Waals surface area (Å²) in [4.78, 5) is 27.4. The summed E-state index contributed by atoms with van der Waals surface area (Å²) in [6, 6.07) is 11.2. The molecule has 0 aliphatic carbocycles. The van der Waals surface area contributed by atoms with Crippen molar-refractivity contribution in [2.24, 2.45) is 0 Å². The van der Waals surface area contributed by atoms with Crippen LogP contribution in [0.4, 0.5) is 40.9 Å². The summed E-state index contributed by atoms with van der Waals surface area (Å²) in [5.41, 5.74) is 1.25. The van der Waals surface area contributed by atoms with E-state index in [1.807, 2.05) is 6.92 Å². The zero-order valence-corrected chi connectivity index (χ0v) is 28.0. The number of alkyl halides is 5. The van der Waals surface area contributed by atoms with Crippen molar-refractivity contribution in [2.75, 3.05) is 52.3 Å². The van der Waals surface area contributed by atoms with Gasteiger partial charge in [0.1, 0.15) is 29.4 Å². The number of methoxy groups -OCH3 is 1. The van der Waals surface area contributed by atoms with Gasteiger partial charge >= 0.3 is 12.8 Å². The second kappa shape index (κ2) is 20.3. The van der Waals surface area contributed by atoms with Crippen molar-refractivity contribution in [2.45, 2.75) is 50.8 Å². The van der Waals surface area contributed by atoms with Gasteiger partial charge < -0.3 is 24.5 Å². The monoisotopic (exact) mass is 720 g/mol. The van der Waals surface area contributed by atoms with Crippen LogP contribution in [0.1, 0.15) is 47.9 Å². The Labute approximate surface area is 285 Å². The molecule has 1 amide bonds. The lowest BCUT2D eigenvalue weighted by molar-refractivity contribution is -0.148. The van der Waals surface area contributed by atoms with Gasteiger partial charge in [0.25, 0.3) is 0 Å². The Hall–Kier alpha value is -4.47. The average molecular weight is 721 g/mol. The third-order valence-corrected chi connectivity index (χ3v) is 7.55. The minimum absolute atomic E-state index is 0.0105. The van der Waals surface area contributed by atoms with Crippen molar-refractivity contribution in [1.29, 1.82) is 0 Å². The molecule has 0 spiro atoms. The first-order chi connectivity index (χ1) is 23.6. The number of aryl methyl sites for hydroxylation is 1. The van der Waals surface area contributed by atoms with Gasteiger partial charge in [0.15, 0.2) is 11.6 Å². The summed E-state index contributed by atoms with van der Waals surface area (Å²) in [5.74, 6) is -3.36. The van der Waals surface area contributed by atoms with Gasteiger partial charge in [-0.15, -0.1) is 0 Å². The van der Waals surface area contributed by atoms with E-state index in [4.69, 9.17) is 9.53 Å². The van der Waals surface area contributed by atoms with Crippen LogP contribution in [0, 0.1) is 24.4 Å². The number of carbonyl (C=O) groups is 2. The van der Waals surface area contributed by atoms with E-state index >= 15 is 0 Å². The Morgan fingerprint density at radius 1 is 0.980 bits per heavy atom. The maximum absolute atomic E-state index is 14.7. The van der Waals surface area contributed by atoms with Crippen molar-refractivity contribution < 1.29 is 54.2 Å². The molecule has 276 valence electrons. The highest BCUT2D eigenvalue weighted by molar-refractivity contribution is 5.53. The van der Waals surface area contributed by atoms with E-state index in [1.165, 1.54) is 48.2 Å². The molecule has 4 rings (SSSR count). The van der Waals surface area contributed by atoms with E-state index in [0.717, 1.165) is 17.7 Å². The van der Waals surface area contributed by atoms with Crippen molar-refractivity contribution in [3.63, 3.8) is 0 Å². The number of nitrogens with zero attached hydrogens (tertiary/aromatic N) is 3. The van der Waals surface area contributed by atoms with Crippen LogP contribution in [0.3, 0.4) is 0 Å². The summed E-state index contributed by atoms with van der Waals surface area (Å²) in [7, 11) is 4.33. The van der Waals surface area contributed by atoms with Gasteiger partial charge in [-0.25, -0.2) is 18.2 Å². The first-order valence-corrected chi connectivity index (χ1v) is 15.4. The highest BCUT2D eigenvalue weighted by Crippen LogP contribution is 2.33. The molecule has 8 nitrogen and oxygen atoms in total. The summed E-state index contributed by atoms with van der Waals surface area (Å²) in [5, 5.41) is 2.25. The van der Waals surface area contributed by atoms with Crippen molar-refractivity contribution in [1.82, 2.24) is 15.2 Å². The number of hydrogen-bond donors (Lipinski definition) is 1. The normalized spacial score (nSPS) is 14.0. The van der Waals surface area contributed by atoms with Crippen LogP contribution in [-0.2, 0) is 9.59 Å². The van der Waals surface area contributed by atoms with Crippen LogP contribution in [-0.4, -0.2) is 82.8 Å². The molecule has 0 bridgehead atoms. The van der Waals surface area contributed by atoms with Gasteiger partial charge in [-0.3, -0.25) is 9.69 Å². The first-order valence-electron chi connectivity index (χ1n) is 15.4. The van der Waals surface area contributed by atoms with Crippen molar-refractivity contribution in [3.05, 3.63) is 82.8 Å². The Kier molecular flexibility index (Phi) is 16.9. The van der Waals surface area contributed by atoms with Crippen LogP contribution >= 0.6 is 0 Å². The number of anilines is 1. The van der Waals surface area contributed by atoms with Gasteiger partial charge in [-0.2, -0.15) is 22.0 Å². The molecule has 1 fully saturated rings. The Morgan fingerprint density at radius 3 is 2.04 bits per heavy atom. The Balaban J connectivity index is 0.000000478. The zero-order valence-electron chi connectivity index (χ0n) is 28.0. The third kappa shape index (κ3) is 13.8. The predicted octanol–water partition coefficient (Wildman–Crippen LogP) is 7.02. The fourth-order valence-electron chi connectivity index (χ4n) is 5.19. The largest absolute Gasteiger partial charge is 0.497 e. The molecule has 1 atom stereocenters. The molecule has 0 saturated carbocycles. The summed E-state index contributed by atoms with van der Waals surface area (Å²) >= 11 is 0. The highest BCUT2D eigenvalue weighted by atomic mass is 19.4. The topological polar surface area (TPSA) is 84.0 Å². The Morgan fingerprint density at radius 2 is 1.56 bits per heavy atom. The molecule has 50 heavy (non-hydrogen) atoms. The van der Waals surface area contributed by atoms with E-state index in [-0.39, 0.29) is 54.9 Å². The molecule has 1 aromatic heterocycles. The standard InChI is InChI=1S/C24H27F6N3O2.C8H8F2O.C2H5NO/c1-32(13-16(7-10-34)22-19(26)11-17(35-2)12-20(22)27)23-18(25)3-4-21(31-23)15-5-8-33(9-6-15)14-24(28,29)30;1-6-2-4-7(5-3-6)11-8(9)10;1-3-2-4/h3-4,10-12,15-16H,5-9,13-14H2,1-2H3;2-5,8H,1H3;2H,1H3,(H,3,4). The van der Waals surface area contributed by atoms with Gasteiger partial charge in [0.05, 0.1) is 13.7 Å². The second-order valence-corrected chi connectivity index (χ2v) is 11.3. The van der Waals surface area contributed by atoms with Crippen molar-refractivity contribution in [3.8, 4) is 11.5 Å². The van der Waals surface area contributed by atoms with Gasteiger partial charge in [0.2, 0.25) is 6.41 Å². The molecular formula is C34H40F8N4O4. The number of hydrogen-bond acceptors (Lipinski definition) is 7. The minimum Gasteiger partial charge on any atom is -0.497 e. The Bertz CT molecular complexity index is 1460. The predicted molar refractivity (Wildman–Crippen MR) is 171 cm³/mol. The fourth-order valence-corrected chi connectivity index (χ4v) is 5.19. The smallest absolute Gasteiger partial charge is 0.401 e. The highest BCUT2D eigenvalue weighted by Gasteiger charge is 2.33. The number of piperidine rings is 1. The molecule has 2 aromatic carbocycles. The van der Waals surface area contributed by atoms with Gasteiger partial charge in [0, 0.05) is 62.3 Å². The fraction of sp³-hybridized carbons (Fsp3) is 0.441. The molecule has 2 heterocycles. The number of amides is 1. The van der Waals surface area contributed by atoms with E-state index in [1.54, 1.807) is 19.2 Å². The SMILES string of the molecule is CNC=O.COc1cc(F)c(C(CC=O)CN(C)c2nc(C3CCN(CC(F)(F)F)CC3)ccc2F)c(F)c1.Cc1ccc(OC(F)F)cc1. The molecule has 1 unspecified atom stereocenters. The van der Waals surface area contributed by atoms with Gasteiger partial charge in [-0.05, 0) is 57.1 Å². The molecule has 1 N–H and O–H groups in total. The molecular weight excluding hydrogens is 680 g/mol. The summed E-state index contributed by atoms with van der Waals surface area (Å²) < 4.78 is 114. The number of likely N-dealkylation sites (tertiary alicyclic amines) is 1. The van der Waals surface area contributed by atoms with Gasteiger partial charge in [-0.1, -0.05) is 17.7 Å². The zero-order chi connectivity index (χ0) is 37.4. The van der Waals surface area contributed by atoms with Crippen LogP contribution in [0.5, 0.6) is 11.5 Å². The summed E-state index contributed by atoms with van der Waals surface area (Å²) in [6.45, 7) is -1.45. The van der Waals surface area contributed by atoms with Crippen LogP contribution in [0.25, 0.3) is 0 Å². The average Bonchev–Trinajstić information content (AvgIpc) is 3.05. The maximum Gasteiger partial charge on any atom is 0.401 e. The lowest BCUT2D eigenvalue weighted by Gasteiger charge is -2.32. The number of rotatable bonds is 12. The number of aromatic nitrogens is 1. The number of benzene rings is 2. The second-order valence-electron chi connectivity index (χ2n) is 11.3. The van der Waals surface area contributed by atoms with Crippen LogP contribution < -0.4 is 19.7 Å². The van der Waals surface area contributed by atoms with E-state index in [0.29, 0.717) is 31.2 Å². The van der Waals surface area contributed by atoms with Crippen LogP contribution in [0.2, 0.25) is 0 Å². The number of aldehydes is 1. The lowest BCUT2D eigenvalue weighted by Crippen LogP contribution is -2.39. The molecule has 1 aliphatic heterocycles. The number of likely N-dealkylation sites (N-methyl/N-ethyl adjacent to an activating group) is 1. The number of halogens is 8. The molecule has 3 aromatic rings. The van der Waals surface area contributed by atoms with E-state index in [9.17, 15) is 39.9 Å². The minimum atomic E-state index is -4.27. The number of ether oxygens (including phenoxy) is 2. The number of carbonyl (C=O) groups excluding carboxylic acids is 2. The molecule has 1 saturated heterocycles. The third-order valence-electron chi connectivity index (χ3n) is 7.55. The number of pyridine rings is 1. The van der Waals surface area contributed by atoms with E-state index in [2.05, 4.69) is 15.0 Å². The quantitative estimate of drug-likeness (QED) is 0.159. The van der Waals surface area contributed by atoms with Crippen LogP contribution in [0.15, 0.2) is 48.5 Å². The number of nitrogens with one attached hydrogen (secondary N) is 1. The van der Waals surface area contributed by atoms with E-state index < -0.39 is 42.7 Å². The molecule has 0 radical (unpaired) electrons. The molecule has 1 aliphatic rings. The maximum atomic E-state index is 14.7. The van der Waals surface area contributed by atoms with Crippen molar-refractivity contribution >= 4 is 18.5 Å². The first kappa shape index (κ1) is 41.7. The summed E-state index contributed by atoms with van der Waals surface area (Å²) in [6.07, 6.45) is -2.43.